The van der Waals surface area contributed by atoms with E-state index < -0.39 is 0 Å². The van der Waals surface area contributed by atoms with E-state index in [0.717, 1.165) is 36.9 Å². The van der Waals surface area contributed by atoms with Gasteiger partial charge in [-0.05, 0) is 30.9 Å². The van der Waals surface area contributed by atoms with Crippen molar-refractivity contribution in [2.75, 3.05) is 5.75 Å². The molecule has 0 spiro atoms. The standard InChI is InChI=1S/C11H21NO2S/c1-3-9(2)15-8-10-4-6-11(7-5-10)12(13)14/h9-11H,3-8H2,1-2H3. The molecule has 0 aromatic carbocycles. The van der Waals surface area contributed by atoms with Gasteiger partial charge in [0.15, 0.2) is 0 Å². The van der Waals surface area contributed by atoms with Crippen LogP contribution in [0.2, 0.25) is 0 Å². The zero-order valence-electron chi connectivity index (χ0n) is 9.65. The second kappa shape index (κ2) is 6.36. The predicted octanol–water partition coefficient (Wildman–Crippen LogP) is 3.35. The number of nitro groups is 1. The van der Waals surface area contributed by atoms with Crippen molar-refractivity contribution in [1.82, 2.24) is 0 Å². The Kier molecular flexibility index (Phi) is 5.43. The number of thioether (sulfide) groups is 1. The zero-order valence-corrected chi connectivity index (χ0v) is 10.5. The van der Waals surface area contributed by atoms with Crippen molar-refractivity contribution in [3.8, 4) is 0 Å². The molecule has 1 aliphatic carbocycles. The zero-order chi connectivity index (χ0) is 11.3. The first-order valence-electron chi connectivity index (χ1n) is 5.88. The first-order valence-corrected chi connectivity index (χ1v) is 6.93. The van der Waals surface area contributed by atoms with Gasteiger partial charge in [-0.2, -0.15) is 11.8 Å². The number of hydrogen-bond donors (Lipinski definition) is 0. The SMILES string of the molecule is CCC(C)SCC1CCC([N+](=O)[O-])CC1. The molecule has 3 nitrogen and oxygen atoms in total. The highest BCUT2D eigenvalue weighted by Crippen LogP contribution is 2.30. The average Bonchev–Trinajstić information content (AvgIpc) is 2.26. The molecule has 88 valence electrons. The van der Waals surface area contributed by atoms with Gasteiger partial charge in [0.1, 0.15) is 0 Å². The molecule has 1 fully saturated rings. The van der Waals surface area contributed by atoms with Crippen molar-refractivity contribution in [2.45, 2.75) is 57.2 Å². The maximum atomic E-state index is 10.6. The van der Waals surface area contributed by atoms with Crippen molar-refractivity contribution < 1.29 is 4.92 Å². The molecule has 0 bridgehead atoms. The third kappa shape index (κ3) is 4.41. The Morgan fingerprint density at radius 1 is 1.40 bits per heavy atom. The van der Waals surface area contributed by atoms with Crippen LogP contribution in [0.4, 0.5) is 0 Å². The molecule has 1 atom stereocenters. The lowest BCUT2D eigenvalue weighted by Gasteiger charge is -2.24. The Balaban J connectivity index is 2.17. The third-order valence-electron chi connectivity index (χ3n) is 3.31. The Bertz CT molecular complexity index is 203. The first-order chi connectivity index (χ1) is 7.13. The molecular formula is C11H21NO2S. The van der Waals surface area contributed by atoms with Gasteiger partial charge in [0.25, 0.3) is 0 Å². The van der Waals surface area contributed by atoms with Gasteiger partial charge >= 0.3 is 0 Å². The first kappa shape index (κ1) is 12.8. The highest BCUT2D eigenvalue weighted by atomic mass is 32.2. The predicted molar refractivity (Wildman–Crippen MR) is 65.0 cm³/mol. The van der Waals surface area contributed by atoms with Crippen LogP contribution in [0.5, 0.6) is 0 Å². The van der Waals surface area contributed by atoms with Crippen LogP contribution in [0.15, 0.2) is 0 Å². The summed E-state index contributed by atoms with van der Waals surface area (Å²) in [7, 11) is 0. The van der Waals surface area contributed by atoms with E-state index in [1.165, 1.54) is 12.2 Å². The quantitative estimate of drug-likeness (QED) is 0.538. The lowest BCUT2D eigenvalue weighted by Crippen LogP contribution is -2.27. The van der Waals surface area contributed by atoms with Crippen molar-refractivity contribution in [3.05, 3.63) is 10.1 Å². The van der Waals surface area contributed by atoms with Crippen molar-refractivity contribution in [2.24, 2.45) is 5.92 Å². The molecule has 0 aromatic heterocycles. The van der Waals surface area contributed by atoms with E-state index >= 15 is 0 Å². The van der Waals surface area contributed by atoms with Crippen LogP contribution in [-0.2, 0) is 0 Å². The number of hydrogen-bond acceptors (Lipinski definition) is 3. The summed E-state index contributed by atoms with van der Waals surface area (Å²) >= 11 is 2.02. The van der Waals surface area contributed by atoms with Crippen LogP contribution in [0, 0.1) is 16.0 Å². The second-order valence-electron chi connectivity index (χ2n) is 4.51. The minimum absolute atomic E-state index is 0.0992. The molecule has 0 aliphatic heterocycles. The highest BCUT2D eigenvalue weighted by molar-refractivity contribution is 7.99. The van der Waals surface area contributed by atoms with Gasteiger partial charge in [0.2, 0.25) is 6.04 Å². The van der Waals surface area contributed by atoms with Crippen molar-refractivity contribution >= 4 is 11.8 Å². The minimum Gasteiger partial charge on any atom is -0.264 e. The van der Waals surface area contributed by atoms with Crippen LogP contribution in [0.1, 0.15) is 46.0 Å². The molecule has 15 heavy (non-hydrogen) atoms. The van der Waals surface area contributed by atoms with Crippen molar-refractivity contribution in [3.63, 3.8) is 0 Å². The van der Waals surface area contributed by atoms with E-state index in [9.17, 15) is 10.1 Å². The minimum atomic E-state index is -0.255. The molecule has 0 N–H and O–H groups in total. The average molecular weight is 231 g/mol. The topological polar surface area (TPSA) is 43.1 Å². The number of rotatable bonds is 5. The second-order valence-corrected chi connectivity index (χ2v) is 5.98. The van der Waals surface area contributed by atoms with E-state index in [0.29, 0.717) is 0 Å². The molecule has 1 saturated carbocycles. The molecule has 0 saturated heterocycles. The van der Waals surface area contributed by atoms with Gasteiger partial charge in [0, 0.05) is 23.0 Å². The lowest BCUT2D eigenvalue weighted by molar-refractivity contribution is -0.526. The van der Waals surface area contributed by atoms with Gasteiger partial charge in [-0.15, -0.1) is 0 Å². The summed E-state index contributed by atoms with van der Waals surface area (Å²) in [6, 6.07) is -0.255. The van der Waals surface area contributed by atoms with Crippen molar-refractivity contribution in [1.29, 1.82) is 0 Å². The Morgan fingerprint density at radius 2 is 2.00 bits per heavy atom. The highest BCUT2D eigenvalue weighted by Gasteiger charge is 2.28. The van der Waals surface area contributed by atoms with Crippen LogP contribution >= 0.6 is 11.8 Å². The molecule has 0 amide bonds. The maximum absolute atomic E-state index is 10.6. The van der Waals surface area contributed by atoms with Crippen LogP contribution < -0.4 is 0 Å². The molecule has 1 aliphatic rings. The smallest absolute Gasteiger partial charge is 0.213 e. The summed E-state index contributed by atoms with van der Waals surface area (Å²) in [6.45, 7) is 4.47. The van der Waals surface area contributed by atoms with E-state index in [1.54, 1.807) is 0 Å². The van der Waals surface area contributed by atoms with Gasteiger partial charge in [-0.1, -0.05) is 13.8 Å². The molecule has 4 heteroatoms. The van der Waals surface area contributed by atoms with E-state index in [2.05, 4.69) is 13.8 Å². The van der Waals surface area contributed by atoms with Gasteiger partial charge in [-0.3, -0.25) is 10.1 Å². The van der Waals surface area contributed by atoms with Gasteiger partial charge in [-0.25, -0.2) is 0 Å². The summed E-state index contributed by atoms with van der Waals surface area (Å²) in [5.74, 6) is 1.92. The van der Waals surface area contributed by atoms with E-state index in [-0.39, 0.29) is 11.0 Å². The lowest BCUT2D eigenvalue weighted by atomic mass is 9.87. The van der Waals surface area contributed by atoms with Gasteiger partial charge < -0.3 is 0 Å². The fourth-order valence-electron chi connectivity index (χ4n) is 1.94. The summed E-state index contributed by atoms with van der Waals surface area (Å²) in [5, 5.41) is 11.3. The van der Waals surface area contributed by atoms with E-state index in [4.69, 9.17) is 0 Å². The maximum Gasteiger partial charge on any atom is 0.213 e. The summed E-state index contributed by atoms with van der Waals surface area (Å²) in [6.07, 6.45) is 4.90. The van der Waals surface area contributed by atoms with Crippen LogP contribution in [-0.4, -0.2) is 22.0 Å². The molecule has 1 unspecified atom stereocenters. The van der Waals surface area contributed by atoms with Gasteiger partial charge in [0.05, 0.1) is 0 Å². The Labute approximate surface area is 96.2 Å². The molecular weight excluding hydrogens is 210 g/mol. The molecule has 1 rings (SSSR count). The Morgan fingerprint density at radius 3 is 2.47 bits per heavy atom. The van der Waals surface area contributed by atoms with Crippen LogP contribution in [0.3, 0.4) is 0 Å². The third-order valence-corrected chi connectivity index (χ3v) is 4.87. The molecule has 0 aromatic rings. The largest absolute Gasteiger partial charge is 0.264 e. The normalized spacial score (nSPS) is 28.7. The molecule has 0 radical (unpaired) electrons. The summed E-state index contributed by atoms with van der Waals surface area (Å²) in [5.41, 5.74) is 0. The summed E-state index contributed by atoms with van der Waals surface area (Å²) in [4.78, 5) is 10.5. The van der Waals surface area contributed by atoms with Crippen LogP contribution in [0.25, 0.3) is 0 Å². The number of nitrogens with zero attached hydrogens (tertiary/aromatic N) is 1. The Hall–Kier alpha value is -0.250. The fraction of sp³-hybridized carbons (Fsp3) is 1.00. The monoisotopic (exact) mass is 231 g/mol. The molecule has 0 heterocycles. The van der Waals surface area contributed by atoms with E-state index in [1.807, 2.05) is 11.8 Å². The summed E-state index contributed by atoms with van der Waals surface area (Å²) < 4.78 is 0. The fourth-order valence-corrected chi connectivity index (χ4v) is 3.11.